The van der Waals surface area contributed by atoms with Crippen LogP contribution in [0.1, 0.15) is 16.7 Å². The molecule has 2 rings (SSSR count). The third-order valence-electron chi connectivity index (χ3n) is 3.21. The largest absolute Gasteiger partial charge is 0.355 e. The summed E-state index contributed by atoms with van der Waals surface area (Å²) in [5.41, 5.74) is 9.23. The molecule has 0 aliphatic rings. The van der Waals surface area contributed by atoms with Gasteiger partial charge in [-0.3, -0.25) is 0 Å². The third-order valence-corrected chi connectivity index (χ3v) is 3.70. The van der Waals surface area contributed by atoms with Crippen molar-refractivity contribution >= 4 is 21.7 Å². The number of aromatic nitrogens is 1. The summed E-state index contributed by atoms with van der Waals surface area (Å²) in [4.78, 5) is 6.74. The number of nitrogens with zero attached hydrogens (tertiary/aromatic N) is 2. The van der Waals surface area contributed by atoms with E-state index < -0.39 is 0 Å². The Morgan fingerprint density at radius 3 is 2.70 bits per heavy atom. The van der Waals surface area contributed by atoms with Crippen LogP contribution in [0.2, 0.25) is 0 Å². The molecule has 0 amide bonds. The maximum Gasteiger partial charge on any atom is 0.131 e. The Hall–Kier alpha value is -1.39. The molecule has 106 valence electrons. The summed E-state index contributed by atoms with van der Waals surface area (Å²) in [5.74, 6) is 1.02. The molecule has 0 saturated heterocycles. The van der Waals surface area contributed by atoms with Crippen molar-refractivity contribution in [2.75, 3.05) is 18.5 Å². The average molecular weight is 334 g/mol. The summed E-state index contributed by atoms with van der Waals surface area (Å²) in [6.45, 7) is 3.59. The average Bonchev–Trinajstić information content (AvgIpc) is 2.39. The van der Waals surface area contributed by atoms with E-state index in [4.69, 9.17) is 5.73 Å². The summed E-state index contributed by atoms with van der Waals surface area (Å²) in [6.07, 6.45) is 2.80. The second-order valence-electron chi connectivity index (χ2n) is 5.01. The van der Waals surface area contributed by atoms with Gasteiger partial charge in [0.1, 0.15) is 5.82 Å². The molecule has 20 heavy (non-hydrogen) atoms. The number of hydrogen-bond donors (Lipinski definition) is 1. The number of anilines is 1. The van der Waals surface area contributed by atoms with Crippen molar-refractivity contribution in [1.29, 1.82) is 0 Å². The van der Waals surface area contributed by atoms with Gasteiger partial charge in [-0.2, -0.15) is 0 Å². The minimum atomic E-state index is 0.661. The number of benzene rings is 1. The summed E-state index contributed by atoms with van der Waals surface area (Å²) in [7, 11) is 2.07. The van der Waals surface area contributed by atoms with Crippen molar-refractivity contribution in [1.82, 2.24) is 4.98 Å². The van der Waals surface area contributed by atoms with E-state index in [9.17, 15) is 0 Å². The van der Waals surface area contributed by atoms with Crippen molar-refractivity contribution in [2.24, 2.45) is 5.73 Å². The van der Waals surface area contributed by atoms with E-state index in [1.165, 1.54) is 16.7 Å². The lowest BCUT2D eigenvalue weighted by atomic mass is 10.1. The van der Waals surface area contributed by atoms with Crippen molar-refractivity contribution in [3.05, 3.63) is 57.7 Å². The minimum Gasteiger partial charge on any atom is -0.355 e. The second-order valence-corrected chi connectivity index (χ2v) is 5.92. The lowest BCUT2D eigenvalue weighted by molar-refractivity contribution is 0.880. The molecular weight excluding hydrogens is 314 g/mol. The number of hydrogen-bond acceptors (Lipinski definition) is 3. The van der Waals surface area contributed by atoms with Gasteiger partial charge in [-0.05, 0) is 48.7 Å². The highest BCUT2D eigenvalue weighted by Crippen LogP contribution is 2.20. The van der Waals surface area contributed by atoms with Gasteiger partial charge in [0.2, 0.25) is 0 Å². The maximum atomic E-state index is 5.58. The number of aryl methyl sites for hydroxylation is 1. The normalized spacial score (nSPS) is 10.6. The van der Waals surface area contributed by atoms with Crippen LogP contribution < -0.4 is 10.6 Å². The quantitative estimate of drug-likeness (QED) is 0.912. The van der Waals surface area contributed by atoms with Crippen molar-refractivity contribution in [3.63, 3.8) is 0 Å². The van der Waals surface area contributed by atoms with Crippen molar-refractivity contribution < 1.29 is 0 Å². The summed E-state index contributed by atoms with van der Waals surface area (Å²) >= 11 is 3.50. The molecule has 1 heterocycles. The number of nitrogens with two attached hydrogens (primary N) is 1. The summed E-state index contributed by atoms with van der Waals surface area (Å²) in [6, 6.07) is 10.5. The fourth-order valence-corrected chi connectivity index (χ4v) is 2.76. The van der Waals surface area contributed by atoms with Crippen LogP contribution in [0.5, 0.6) is 0 Å². The fraction of sp³-hybridized carbons (Fsp3) is 0.312. The molecule has 0 bridgehead atoms. The van der Waals surface area contributed by atoms with Crippen LogP contribution in [-0.4, -0.2) is 18.6 Å². The Morgan fingerprint density at radius 2 is 2.05 bits per heavy atom. The van der Waals surface area contributed by atoms with E-state index in [1.807, 2.05) is 12.3 Å². The van der Waals surface area contributed by atoms with Gasteiger partial charge in [0.15, 0.2) is 0 Å². The van der Waals surface area contributed by atoms with Gasteiger partial charge in [0.25, 0.3) is 0 Å². The predicted molar refractivity (Wildman–Crippen MR) is 88.0 cm³/mol. The molecule has 0 unspecified atom stereocenters. The van der Waals surface area contributed by atoms with Crippen LogP contribution in [0.3, 0.4) is 0 Å². The van der Waals surface area contributed by atoms with Crippen LogP contribution in [-0.2, 0) is 13.0 Å². The number of pyridine rings is 1. The van der Waals surface area contributed by atoms with Crippen molar-refractivity contribution in [2.45, 2.75) is 19.9 Å². The first kappa shape index (κ1) is 15.0. The van der Waals surface area contributed by atoms with Gasteiger partial charge in [0, 0.05) is 24.3 Å². The van der Waals surface area contributed by atoms with Gasteiger partial charge in [-0.15, -0.1) is 0 Å². The van der Waals surface area contributed by atoms with E-state index in [-0.39, 0.29) is 0 Å². The van der Waals surface area contributed by atoms with Gasteiger partial charge in [-0.25, -0.2) is 4.98 Å². The zero-order valence-electron chi connectivity index (χ0n) is 11.9. The maximum absolute atomic E-state index is 5.58. The molecule has 0 saturated carbocycles. The molecule has 4 heteroatoms. The van der Waals surface area contributed by atoms with E-state index in [0.717, 1.165) is 23.3 Å². The van der Waals surface area contributed by atoms with Crippen LogP contribution in [0.4, 0.5) is 5.82 Å². The monoisotopic (exact) mass is 333 g/mol. The lowest BCUT2D eigenvalue weighted by Crippen LogP contribution is -2.19. The van der Waals surface area contributed by atoms with Gasteiger partial charge in [-0.1, -0.05) is 34.1 Å². The van der Waals surface area contributed by atoms with Crippen molar-refractivity contribution in [3.8, 4) is 0 Å². The minimum absolute atomic E-state index is 0.661. The molecule has 2 aromatic rings. The first-order valence-electron chi connectivity index (χ1n) is 6.71. The molecule has 1 aromatic carbocycles. The van der Waals surface area contributed by atoms with E-state index in [0.29, 0.717) is 6.54 Å². The molecule has 0 aliphatic heterocycles. The van der Waals surface area contributed by atoms with Gasteiger partial charge >= 0.3 is 0 Å². The standard InChI is InChI=1S/C16H20BrN3/c1-12-8-13(6-7-18)10-19-16(12)20(2)11-14-4-3-5-15(17)9-14/h3-5,8-10H,6-7,11,18H2,1-2H3. The highest BCUT2D eigenvalue weighted by molar-refractivity contribution is 9.10. The van der Waals surface area contributed by atoms with Crippen LogP contribution >= 0.6 is 15.9 Å². The summed E-state index contributed by atoms with van der Waals surface area (Å²) < 4.78 is 1.10. The topological polar surface area (TPSA) is 42.1 Å². The lowest BCUT2D eigenvalue weighted by Gasteiger charge is -2.21. The molecule has 1 aromatic heterocycles. The number of halogens is 1. The second kappa shape index (κ2) is 6.86. The highest BCUT2D eigenvalue weighted by Gasteiger charge is 2.08. The molecule has 0 spiro atoms. The Kier molecular flexibility index (Phi) is 5.15. The van der Waals surface area contributed by atoms with Gasteiger partial charge in [0.05, 0.1) is 0 Å². The van der Waals surface area contributed by atoms with Crippen LogP contribution in [0.15, 0.2) is 41.0 Å². The van der Waals surface area contributed by atoms with E-state index in [1.54, 1.807) is 0 Å². The Balaban J connectivity index is 2.14. The molecule has 0 atom stereocenters. The molecule has 0 fully saturated rings. The van der Waals surface area contributed by atoms with Gasteiger partial charge < -0.3 is 10.6 Å². The zero-order valence-corrected chi connectivity index (χ0v) is 13.5. The zero-order chi connectivity index (χ0) is 14.5. The number of rotatable bonds is 5. The predicted octanol–water partition coefficient (Wildman–Crippen LogP) is 3.29. The van der Waals surface area contributed by atoms with Crippen LogP contribution in [0.25, 0.3) is 0 Å². The first-order valence-corrected chi connectivity index (χ1v) is 7.50. The smallest absolute Gasteiger partial charge is 0.131 e. The Bertz CT molecular complexity index is 584. The third kappa shape index (κ3) is 3.81. The van der Waals surface area contributed by atoms with E-state index in [2.05, 4.69) is 64.1 Å². The Labute approximate surface area is 129 Å². The Morgan fingerprint density at radius 1 is 1.25 bits per heavy atom. The fourth-order valence-electron chi connectivity index (χ4n) is 2.31. The SMILES string of the molecule is Cc1cc(CCN)cnc1N(C)Cc1cccc(Br)c1. The molecule has 2 N–H and O–H groups in total. The molecule has 0 aliphatic carbocycles. The summed E-state index contributed by atoms with van der Waals surface area (Å²) in [5, 5.41) is 0. The molecular formula is C16H20BrN3. The van der Waals surface area contributed by atoms with E-state index >= 15 is 0 Å². The highest BCUT2D eigenvalue weighted by atomic mass is 79.9. The van der Waals surface area contributed by atoms with Crippen LogP contribution in [0, 0.1) is 6.92 Å². The molecule has 0 radical (unpaired) electrons. The first-order chi connectivity index (χ1) is 9.60. The molecule has 3 nitrogen and oxygen atoms in total.